The lowest BCUT2D eigenvalue weighted by atomic mass is 9.59. The van der Waals surface area contributed by atoms with Crippen LogP contribution in [-0.4, -0.2) is 20.1 Å². The SMILES string of the molecule is COc1ccc(NC(=O)C2CC3c4ccccc4C2c2ccccc23)c(OC)c1. The monoisotopic (exact) mass is 385 g/mol. The molecule has 3 aliphatic carbocycles. The zero-order valence-electron chi connectivity index (χ0n) is 16.5. The van der Waals surface area contributed by atoms with E-state index in [-0.39, 0.29) is 23.7 Å². The summed E-state index contributed by atoms with van der Waals surface area (Å²) in [4.78, 5) is 13.4. The van der Waals surface area contributed by atoms with Crippen molar-refractivity contribution in [3.8, 4) is 11.5 Å². The molecule has 1 amide bonds. The third-order valence-corrected chi connectivity index (χ3v) is 6.31. The fourth-order valence-electron chi connectivity index (χ4n) is 5.02. The molecule has 4 heteroatoms. The van der Waals surface area contributed by atoms with E-state index in [0.717, 1.165) is 6.42 Å². The minimum Gasteiger partial charge on any atom is -0.497 e. The predicted molar refractivity (Wildman–Crippen MR) is 113 cm³/mol. The molecule has 1 N–H and O–H groups in total. The van der Waals surface area contributed by atoms with Crippen LogP contribution in [0.15, 0.2) is 66.7 Å². The van der Waals surface area contributed by atoms with Crippen molar-refractivity contribution in [2.75, 3.05) is 19.5 Å². The quantitative estimate of drug-likeness (QED) is 0.692. The smallest absolute Gasteiger partial charge is 0.228 e. The molecule has 0 saturated carbocycles. The number of hydrogen-bond donors (Lipinski definition) is 1. The van der Waals surface area contributed by atoms with Crippen LogP contribution in [0, 0.1) is 5.92 Å². The highest BCUT2D eigenvalue weighted by molar-refractivity contribution is 5.96. The number of benzene rings is 3. The number of anilines is 1. The van der Waals surface area contributed by atoms with Gasteiger partial charge in [-0.05, 0) is 40.8 Å². The maximum atomic E-state index is 13.4. The zero-order chi connectivity index (χ0) is 20.0. The molecule has 0 fully saturated rings. The molecule has 3 aliphatic rings. The molecule has 0 spiro atoms. The van der Waals surface area contributed by atoms with Crippen molar-refractivity contribution in [3.05, 3.63) is 89.0 Å². The largest absolute Gasteiger partial charge is 0.497 e. The highest BCUT2D eigenvalue weighted by atomic mass is 16.5. The molecule has 0 aromatic heterocycles. The van der Waals surface area contributed by atoms with E-state index in [0.29, 0.717) is 17.2 Å². The normalized spacial score (nSPS) is 21.1. The molecule has 0 radical (unpaired) electrons. The first-order chi connectivity index (χ1) is 14.2. The topological polar surface area (TPSA) is 47.6 Å². The second-order valence-corrected chi connectivity index (χ2v) is 7.69. The van der Waals surface area contributed by atoms with E-state index in [1.807, 2.05) is 12.1 Å². The predicted octanol–water partition coefficient (Wildman–Crippen LogP) is 4.94. The van der Waals surface area contributed by atoms with E-state index in [1.165, 1.54) is 22.3 Å². The molecule has 4 nitrogen and oxygen atoms in total. The Hall–Kier alpha value is -3.27. The lowest BCUT2D eigenvalue weighted by Gasteiger charge is -2.44. The van der Waals surface area contributed by atoms with Gasteiger partial charge in [-0.15, -0.1) is 0 Å². The average molecular weight is 385 g/mol. The number of fused-ring (bicyclic) bond motifs is 1. The summed E-state index contributed by atoms with van der Waals surface area (Å²) in [6, 6.07) is 22.6. The third-order valence-electron chi connectivity index (χ3n) is 6.31. The van der Waals surface area contributed by atoms with Gasteiger partial charge in [-0.2, -0.15) is 0 Å². The number of hydrogen-bond acceptors (Lipinski definition) is 3. The Bertz CT molecular complexity index is 1040. The van der Waals surface area contributed by atoms with Crippen LogP contribution >= 0.6 is 0 Å². The molecule has 3 aromatic rings. The summed E-state index contributed by atoms with van der Waals surface area (Å²) in [5.74, 6) is 1.56. The Morgan fingerprint density at radius 2 is 1.48 bits per heavy atom. The molecule has 146 valence electrons. The zero-order valence-corrected chi connectivity index (χ0v) is 16.5. The van der Waals surface area contributed by atoms with Gasteiger partial charge in [-0.1, -0.05) is 48.5 Å². The molecular weight excluding hydrogens is 362 g/mol. The van der Waals surface area contributed by atoms with Crippen molar-refractivity contribution in [1.29, 1.82) is 0 Å². The highest BCUT2D eigenvalue weighted by Crippen LogP contribution is 2.55. The Labute approximate surface area is 170 Å². The molecule has 0 saturated heterocycles. The number of carbonyl (C=O) groups is 1. The molecule has 6 rings (SSSR count). The summed E-state index contributed by atoms with van der Waals surface area (Å²) in [5.41, 5.74) is 5.96. The van der Waals surface area contributed by atoms with Crippen LogP contribution in [-0.2, 0) is 4.79 Å². The second kappa shape index (κ2) is 6.96. The second-order valence-electron chi connectivity index (χ2n) is 7.69. The van der Waals surface area contributed by atoms with Gasteiger partial charge in [0.25, 0.3) is 0 Å². The molecule has 1 unspecified atom stereocenters. The van der Waals surface area contributed by atoms with Crippen molar-refractivity contribution < 1.29 is 14.3 Å². The number of ether oxygens (including phenoxy) is 2. The molecule has 29 heavy (non-hydrogen) atoms. The summed E-state index contributed by atoms with van der Waals surface area (Å²) >= 11 is 0. The van der Waals surface area contributed by atoms with E-state index in [1.54, 1.807) is 20.3 Å². The Balaban J connectivity index is 1.51. The van der Waals surface area contributed by atoms with Crippen LogP contribution in [0.5, 0.6) is 11.5 Å². The average Bonchev–Trinajstić information content (AvgIpc) is 2.79. The summed E-state index contributed by atoms with van der Waals surface area (Å²) in [6.07, 6.45) is 0.822. The van der Waals surface area contributed by atoms with Gasteiger partial charge in [0.15, 0.2) is 0 Å². The van der Waals surface area contributed by atoms with E-state index >= 15 is 0 Å². The van der Waals surface area contributed by atoms with Crippen LogP contribution in [0.4, 0.5) is 5.69 Å². The molecule has 0 aliphatic heterocycles. The van der Waals surface area contributed by atoms with E-state index in [2.05, 4.69) is 53.8 Å². The summed E-state index contributed by atoms with van der Waals surface area (Å²) in [7, 11) is 3.21. The lowest BCUT2D eigenvalue weighted by molar-refractivity contribution is -0.121. The van der Waals surface area contributed by atoms with Crippen LogP contribution in [0.3, 0.4) is 0 Å². The third kappa shape index (κ3) is 2.79. The van der Waals surface area contributed by atoms with Crippen LogP contribution in [0.25, 0.3) is 0 Å². The van der Waals surface area contributed by atoms with Crippen molar-refractivity contribution in [1.82, 2.24) is 0 Å². The lowest BCUT2D eigenvalue weighted by Crippen LogP contribution is -2.38. The molecule has 0 heterocycles. The van der Waals surface area contributed by atoms with Gasteiger partial charge in [-0.3, -0.25) is 4.79 Å². The number of carbonyl (C=O) groups excluding carboxylic acids is 1. The van der Waals surface area contributed by atoms with E-state index in [4.69, 9.17) is 9.47 Å². The van der Waals surface area contributed by atoms with Crippen molar-refractivity contribution in [3.63, 3.8) is 0 Å². The fraction of sp³-hybridized carbons (Fsp3) is 0.240. The maximum Gasteiger partial charge on any atom is 0.228 e. The van der Waals surface area contributed by atoms with Crippen LogP contribution in [0.1, 0.15) is 40.5 Å². The number of nitrogens with one attached hydrogen (secondary N) is 1. The Kier molecular flexibility index (Phi) is 4.27. The first-order valence-corrected chi connectivity index (χ1v) is 9.91. The summed E-state index contributed by atoms with van der Waals surface area (Å²) < 4.78 is 10.7. The van der Waals surface area contributed by atoms with Gasteiger partial charge in [0, 0.05) is 17.9 Å². The van der Waals surface area contributed by atoms with Gasteiger partial charge in [0.1, 0.15) is 11.5 Å². The molecule has 2 bridgehead atoms. The van der Waals surface area contributed by atoms with Crippen molar-refractivity contribution in [2.24, 2.45) is 5.92 Å². The Morgan fingerprint density at radius 1 is 0.862 bits per heavy atom. The van der Waals surface area contributed by atoms with Gasteiger partial charge < -0.3 is 14.8 Å². The summed E-state index contributed by atoms with van der Waals surface area (Å²) in [6.45, 7) is 0. The number of methoxy groups -OCH3 is 2. The van der Waals surface area contributed by atoms with Gasteiger partial charge in [0.2, 0.25) is 5.91 Å². The van der Waals surface area contributed by atoms with E-state index in [9.17, 15) is 4.79 Å². The Morgan fingerprint density at radius 3 is 2.07 bits per heavy atom. The van der Waals surface area contributed by atoms with Crippen molar-refractivity contribution in [2.45, 2.75) is 18.3 Å². The first-order valence-electron chi connectivity index (χ1n) is 9.91. The number of rotatable bonds is 4. The minimum absolute atomic E-state index is 0.0347. The van der Waals surface area contributed by atoms with Gasteiger partial charge in [-0.25, -0.2) is 0 Å². The van der Waals surface area contributed by atoms with Gasteiger partial charge in [0.05, 0.1) is 25.8 Å². The first kappa shape index (κ1) is 17.8. The highest BCUT2D eigenvalue weighted by Gasteiger charge is 2.45. The molecule has 3 aromatic carbocycles. The summed E-state index contributed by atoms with van der Waals surface area (Å²) in [5, 5.41) is 3.11. The van der Waals surface area contributed by atoms with Crippen LogP contribution < -0.4 is 14.8 Å². The minimum atomic E-state index is -0.114. The molecule has 1 atom stereocenters. The molecular formula is C25H23NO3. The number of amides is 1. The standard InChI is InChI=1S/C25H23NO3/c1-28-15-11-12-22(23(13-15)29-2)26-25(27)21-14-20-16-7-3-5-9-18(16)24(21)19-10-6-4-8-17(19)20/h3-13,20-21,24H,14H2,1-2H3,(H,26,27). The van der Waals surface area contributed by atoms with E-state index < -0.39 is 0 Å². The van der Waals surface area contributed by atoms with Gasteiger partial charge >= 0.3 is 0 Å². The van der Waals surface area contributed by atoms with Crippen molar-refractivity contribution >= 4 is 11.6 Å². The maximum absolute atomic E-state index is 13.4. The fourth-order valence-corrected chi connectivity index (χ4v) is 5.02. The van der Waals surface area contributed by atoms with Crippen LogP contribution in [0.2, 0.25) is 0 Å².